The van der Waals surface area contributed by atoms with Crippen LogP contribution in [0.15, 0.2) is 30.3 Å². The molecule has 15 heavy (non-hydrogen) atoms. The van der Waals surface area contributed by atoms with Crippen molar-refractivity contribution < 1.29 is 0 Å². The lowest BCUT2D eigenvalue weighted by Gasteiger charge is -2.25. The van der Waals surface area contributed by atoms with E-state index in [1.807, 2.05) is 0 Å². The van der Waals surface area contributed by atoms with Gasteiger partial charge < -0.3 is 0 Å². The molecule has 1 fully saturated rings. The second-order valence-corrected chi connectivity index (χ2v) is 4.88. The molecule has 0 N–H and O–H groups in total. The molecular formula is C14H21N. The quantitative estimate of drug-likeness (QED) is 0.675. The topological polar surface area (TPSA) is 3.24 Å². The SMILES string of the molecule is CC1CCC(c2ccccc2)N(C)CC1. The predicted molar refractivity (Wildman–Crippen MR) is 64.8 cm³/mol. The highest BCUT2D eigenvalue weighted by atomic mass is 15.1. The highest BCUT2D eigenvalue weighted by Gasteiger charge is 2.21. The van der Waals surface area contributed by atoms with Crippen molar-refractivity contribution in [2.75, 3.05) is 13.6 Å². The Kier molecular flexibility index (Phi) is 3.42. The van der Waals surface area contributed by atoms with Gasteiger partial charge in [0.1, 0.15) is 0 Å². The Balaban J connectivity index is 2.13. The van der Waals surface area contributed by atoms with Crippen LogP contribution in [0.25, 0.3) is 0 Å². The molecule has 0 bridgehead atoms. The van der Waals surface area contributed by atoms with Gasteiger partial charge in [0.15, 0.2) is 0 Å². The summed E-state index contributed by atoms with van der Waals surface area (Å²) >= 11 is 0. The molecule has 1 nitrogen and oxygen atoms in total. The molecular weight excluding hydrogens is 182 g/mol. The summed E-state index contributed by atoms with van der Waals surface area (Å²) in [4.78, 5) is 2.51. The third kappa shape index (κ3) is 2.60. The van der Waals surface area contributed by atoms with Gasteiger partial charge in [0.05, 0.1) is 0 Å². The van der Waals surface area contributed by atoms with E-state index in [0.29, 0.717) is 6.04 Å². The number of rotatable bonds is 1. The molecule has 1 heteroatoms. The summed E-state index contributed by atoms with van der Waals surface area (Å²) in [5.41, 5.74) is 1.48. The van der Waals surface area contributed by atoms with E-state index in [0.717, 1.165) is 5.92 Å². The number of hydrogen-bond acceptors (Lipinski definition) is 1. The summed E-state index contributed by atoms with van der Waals surface area (Å²) in [6.45, 7) is 3.61. The summed E-state index contributed by atoms with van der Waals surface area (Å²) in [7, 11) is 2.26. The van der Waals surface area contributed by atoms with E-state index >= 15 is 0 Å². The van der Waals surface area contributed by atoms with Gasteiger partial charge in [-0.3, -0.25) is 4.90 Å². The number of nitrogens with zero attached hydrogens (tertiary/aromatic N) is 1. The van der Waals surface area contributed by atoms with Crippen LogP contribution in [0.3, 0.4) is 0 Å². The third-order valence-electron chi connectivity index (χ3n) is 3.62. The van der Waals surface area contributed by atoms with Crippen LogP contribution in [0.4, 0.5) is 0 Å². The fraction of sp³-hybridized carbons (Fsp3) is 0.571. The Morgan fingerprint density at radius 2 is 1.80 bits per heavy atom. The maximum atomic E-state index is 2.51. The van der Waals surface area contributed by atoms with Gasteiger partial charge >= 0.3 is 0 Å². The van der Waals surface area contributed by atoms with Crippen molar-refractivity contribution in [2.24, 2.45) is 5.92 Å². The van der Waals surface area contributed by atoms with Gasteiger partial charge in [-0.05, 0) is 44.3 Å². The van der Waals surface area contributed by atoms with Crippen LogP contribution in [-0.4, -0.2) is 18.5 Å². The number of benzene rings is 1. The zero-order valence-corrected chi connectivity index (χ0v) is 9.82. The monoisotopic (exact) mass is 203 g/mol. The minimum atomic E-state index is 0.635. The lowest BCUT2D eigenvalue weighted by atomic mass is 9.97. The van der Waals surface area contributed by atoms with Gasteiger partial charge in [-0.15, -0.1) is 0 Å². The van der Waals surface area contributed by atoms with E-state index in [4.69, 9.17) is 0 Å². The molecule has 1 heterocycles. The molecule has 1 aliphatic rings. The van der Waals surface area contributed by atoms with Crippen molar-refractivity contribution >= 4 is 0 Å². The first-order chi connectivity index (χ1) is 7.27. The zero-order valence-electron chi connectivity index (χ0n) is 9.82. The van der Waals surface area contributed by atoms with E-state index < -0.39 is 0 Å². The van der Waals surface area contributed by atoms with Gasteiger partial charge in [-0.25, -0.2) is 0 Å². The molecule has 0 aliphatic carbocycles. The molecule has 1 aromatic rings. The maximum absolute atomic E-state index is 2.51. The maximum Gasteiger partial charge on any atom is 0.0345 e. The molecule has 2 unspecified atom stereocenters. The van der Waals surface area contributed by atoms with Crippen molar-refractivity contribution in [3.8, 4) is 0 Å². The smallest absolute Gasteiger partial charge is 0.0345 e. The first-order valence-electron chi connectivity index (χ1n) is 6.02. The predicted octanol–water partition coefficient (Wildman–Crippen LogP) is 3.48. The molecule has 0 aromatic heterocycles. The molecule has 0 amide bonds. The fourth-order valence-electron chi connectivity index (χ4n) is 2.48. The average molecular weight is 203 g/mol. The van der Waals surface area contributed by atoms with Gasteiger partial charge in [0.2, 0.25) is 0 Å². The summed E-state index contributed by atoms with van der Waals surface area (Å²) in [5, 5.41) is 0. The third-order valence-corrected chi connectivity index (χ3v) is 3.62. The molecule has 2 rings (SSSR count). The molecule has 1 aromatic carbocycles. The van der Waals surface area contributed by atoms with Crippen LogP contribution < -0.4 is 0 Å². The lowest BCUT2D eigenvalue weighted by molar-refractivity contribution is 0.250. The van der Waals surface area contributed by atoms with Gasteiger partial charge in [-0.2, -0.15) is 0 Å². The van der Waals surface area contributed by atoms with Crippen LogP contribution >= 0.6 is 0 Å². The largest absolute Gasteiger partial charge is 0.299 e. The van der Waals surface area contributed by atoms with Gasteiger partial charge in [-0.1, -0.05) is 37.3 Å². The molecule has 0 spiro atoms. The van der Waals surface area contributed by atoms with E-state index in [9.17, 15) is 0 Å². The Bertz CT molecular complexity index is 293. The summed E-state index contributed by atoms with van der Waals surface area (Å²) in [6.07, 6.45) is 4.02. The van der Waals surface area contributed by atoms with Crippen LogP contribution in [0.5, 0.6) is 0 Å². The minimum absolute atomic E-state index is 0.635. The molecule has 82 valence electrons. The first-order valence-corrected chi connectivity index (χ1v) is 6.02. The second-order valence-electron chi connectivity index (χ2n) is 4.88. The minimum Gasteiger partial charge on any atom is -0.299 e. The van der Waals surface area contributed by atoms with Gasteiger partial charge in [0.25, 0.3) is 0 Å². The van der Waals surface area contributed by atoms with Crippen molar-refractivity contribution in [3.63, 3.8) is 0 Å². The lowest BCUT2D eigenvalue weighted by Crippen LogP contribution is -2.23. The Labute approximate surface area is 93.1 Å². The molecule has 1 aliphatic heterocycles. The normalized spacial score (nSPS) is 28.7. The summed E-state index contributed by atoms with van der Waals surface area (Å²) < 4.78 is 0. The van der Waals surface area contributed by atoms with Crippen LogP contribution in [0.2, 0.25) is 0 Å². The van der Waals surface area contributed by atoms with E-state index in [1.54, 1.807) is 0 Å². The van der Waals surface area contributed by atoms with Crippen LogP contribution in [0.1, 0.15) is 37.8 Å². The summed E-state index contributed by atoms with van der Waals surface area (Å²) in [6, 6.07) is 11.6. The highest BCUT2D eigenvalue weighted by molar-refractivity contribution is 5.19. The Morgan fingerprint density at radius 3 is 2.53 bits per heavy atom. The molecule has 1 saturated heterocycles. The number of likely N-dealkylation sites (tertiary alicyclic amines) is 1. The Morgan fingerprint density at radius 1 is 1.07 bits per heavy atom. The fourth-order valence-corrected chi connectivity index (χ4v) is 2.48. The Hall–Kier alpha value is -0.820. The van der Waals surface area contributed by atoms with E-state index in [2.05, 4.69) is 49.2 Å². The highest BCUT2D eigenvalue weighted by Crippen LogP contribution is 2.30. The van der Waals surface area contributed by atoms with Crippen molar-refractivity contribution in [1.82, 2.24) is 4.90 Å². The van der Waals surface area contributed by atoms with E-state index in [-0.39, 0.29) is 0 Å². The van der Waals surface area contributed by atoms with Crippen molar-refractivity contribution in [2.45, 2.75) is 32.2 Å². The molecule has 0 saturated carbocycles. The van der Waals surface area contributed by atoms with Crippen molar-refractivity contribution in [1.29, 1.82) is 0 Å². The zero-order chi connectivity index (χ0) is 10.7. The van der Waals surface area contributed by atoms with E-state index in [1.165, 1.54) is 31.4 Å². The van der Waals surface area contributed by atoms with Crippen LogP contribution in [-0.2, 0) is 0 Å². The van der Waals surface area contributed by atoms with Gasteiger partial charge in [0, 0.05) is 6.04 Å². The standard InChI is InChI=1S/C14H21N/c1-12-8-9-14(15(2)11-10-12)13-6-4-3-5-7-13/h3-7,12,14H,8-11H2,1-2H3. The number of hydrogen-bond donors (Lipinski definition) is 0. The van der Waals surface area contributed by atoms with Crippen molar-refractivity contribution in [3.05, 3.63) is 35.9 Å². The van der Waals surface area contributed by atoms with Crippen LogP contribution in [0, 0.1) is 5.92 Å². The second kappa shape index (κ2) is 4.80. The average Bonchev–Trinajstić information content (AvgIpc) is 2.43. The summed E-state index contributed by atoms with van der Waals surface area (Å²) in [5.74, 6) is 0.890. The first kappa shape index (κ1) is 10.7. The molecule has 2 atom stereocenters. The molecule has 0 radical (unpaired) electrons.